The van der Waals surface area contributed by atoms with Crippen molar-refractivity contribution in [2.24, 2.45) is 11.3 Å². The minimum Gasteiger partial charge on any atom is -0.463 e. The monoisotopic (exact) mass is 473 g/mol. The van der Waals surface area contributed by atoms with E-state index in [1.54, 1.807) is 45.8 Å². The molecule has 0 saturated heterocycles. The van der Waals surface area contributed by atoms with Crippen LogP contribution in [-0.4, -0.2) is 55.5 Å². The van der Waals surface area contributed by atoms with Gasteiger partial charge in [-0.05, 0) is 44.7 Å². The van der Waals surface area contributed by atoms with Crippen molar-refractivity contribution in [1.82, 2.24) is 15.5 Å². The second kappa shape index (κ2) is 12.2. The molecule has 0 fully saturated rings. The van der Waals surface area contributed by atoms with Gasteiger partial charge in [-0.25, -0.2) is 4.79 Å². The molecule has 0 spiro atoms. The van der Waals surface area contributed by atoms with Crippen LogP contribution in [0.4, 0.5) is 0 Å². The highest BCUT2D eigenvalue weighted by molar-refractivity contribution is 5.93. The lowest BCUT2D eigenvalue weighted by Crippen LogP contribution is -2.61. The van der Waals surface area contributed by atoms with E-state index in [1.807, 2.05) is 65.0 Å². The van der Waals surface area contributed by atoms with Gasteiger partial charge in [0, 0.05) is 12.6 Å². The third-order valence-corrected chi connectivity index (χ3v) is 6.19. The number of esters is 1. The van der Waals surface area contributed by atoms with Crippen LogP contribution >= 0.6 is 0 Å². The van der Waals surface area contributed by atoms with Crippen molar-refractivity contribution in [3.05, 3.63) is 47.5 Å². The summed E-state index contributed by atoms with van der Waals surface area (Å²) >= 11 is 0. The number of carbonyl (C=O) groups excluding carboxylic acids is 3. The minimum absolute atomic E-state index is 0.0431. The molecule has 7 heteroatoms. The van der Waals surface area contributed by atoms with Crippen molar-refractivity contribution >= 4 is 17.8 Å². The van der Waals surface area contributed by atoms with Crippen LogP contribution < -0.4 is 10.6 Å². The van der Waals surface area contributed by atoms with Gasteiger partial charge < -0.3 is 20.3 Å². The van der Waals surface area contributed by atoms with Crippen LogP contribution in [0.2, 0.25) is 0 Å². The van der Waals surface area contributed by atoms with Crippen molar-refractivity contribution in [2.75, 3.05) is 20.7 Å². The van der Waals surface area contributed by atoms with E-state index in [4.69, 9.17) is 4.74 Å². The van der Waals surface area contributed by atoms with Crippen molar-refractivity contribution in [1.29, 1.82) is 0 Å². The summed E-state index contributed by atoms with van der Waals surface area (Å²) in [4.78, 5) is 41.0. The van der Waals surface area contributed by atoms with Gasteiger partial charge in [0.1, 0.15) is 11.6 Å². The molecule has 1 rings (SSSR count). The molecule has 1 aromatic rings. The molecule has 0 saturated carbocycles. The maximum atomic E-state index is 13.7. The van der Waals surface area contributed by atoms with Crippen LogP contribution in [0, 0.1) is 11.3 Å². The largest absolute Gasteiger partial charge is 0.463 e. The van der Waals surface area contributed by atoms with Gasteiger partial charge in [-0.1, -0.05) is 71.0 Å². The third-order valence-electron chi connectivity index (χ3n) is 6.19. The summed E-state index contributed by atoms with van der Waals surface area (Å²) in [6, 6.07) is 8.30. The van der Waals surface area contributed by atoms with Crippen LogP contribution in [0.5, 0.6) is 0 Å². The molecule has 0 aliphatic carbocycles. The standard InChI is InChI=1S/C27H43N3O4/c1-11-34-24(32)19(4)17-21(18(2)3)30(10)23(31)22(26(5,6)7)29-25(33)27(8,28-9)20-15-13-12-14-16-20/h12-18,21-22,28H,11H2,1-10H3,(H,29,33)/t21-,22-,27?/m1/s1. The summed E-state index contributed by atoms with van der Waals surface area (Å²) in [6.07, 6.45) is 1.77. The van der Waals surface area contributed by atoms with Crippen LogP contribution in [-0.2, 0) is 24.7 Å². The minimum atomic E-state index is -1.01. The molecule has 1 aromatic carbocycles. The molecule has 190 valence electrons. The number of carbonyl (C=O) groups is 3. The average Bonchev–Trinajstić information content (AvgIpc) is 2.78. The Morgan fingerprint density at radius 1 is 1.09 bits per heavy atom. The van der Waals surface area contributed by atoms with Crippen molar-refractivity contribution in [3.63, 3.8) is 0 Å². The van der Waals surface area contributed by atoms with Gasteiger partial charge in [0.2, 0.25) is 11.8 Å². The first-order chi connectivity index (χ1) is 15.7. The average molecular weight is 474 g/mol. The van der Waals surface area contributed by atoms with E-state index in [0.717, 1.165) is 5.56 Å². The molecule has 34 heavy (non-hydrogen) atoms. The van der Waals surface area contributed by atoms with Crippen LogP contribution in [0.25, 0.3) is 0 Å². The highest BCUT2D eigenvalue weighted by Crippen LogP contribution is 2.26. The Morgan fingerprint density at radius 3 is 2.09 bits per heavy atom. The normalized spacial score (nSPS) is 15.8. The van der Waals surface area contributed by atoms with E-state index < -0.39 is 23.0 Å². The predicted octanol–water partition coefficient (Wildman–Crippen LogP) is 3.64. The number of nitrogens with one attached hydrogen (secondary N) is 2. The molecule has 1 unspecified atom stereocenters. The van der Waals surface area contributed by atoms with E-state index >= 15 is 0 Å². The first-order valence-corrected chi connectivity index (χ1v) is 11.9. The van der Waals surface area contributed by atoms with Gasteiger partial charge in [0.15, 0.2) is 0 Å². The smallest absolute Gasteiger partial charge is 0.333 e. The summed E-state index contributed by atoms with van der Waals surface area (Å²) in [5.74, 6) is -0.870. The maximum Gasteiger partial charge on any atom is 0.333 e. The maximum absolute atomic E-state index is 13.7. The third kappa shape index (κ3) is 7.16. The molecule has 3 atom stereocenters. The summed E-state index contributed by atoms with van der Waals surface area (Å²) in [5.41, 5.74) is -0.310. The lowest BCUT2D eigenvalue weighted by molar-refractivity contribution is -0.142. The molecule has 0 aromatic heterocycles. The number of ether oxygens (including phenoxy) is 1. The topological polar surface area (TPSA) is 87.7 Å². The van der Waals surface area contributed by atoms with Crippen molar-refractivity contribution < 1.29 is 19.1 Å². The number of amides is 2. The second-order valence-corrected chi connectivity index (χ2v) is 10.3. The Balaban J connectivity index is 3.29. The van der Waals surface area contributed by atoms with Gasteiger partial charge in [0.05, 0.1) is 12.6 Å². The first kappa shape index (κ1) is 29.4. The second-order valence-electron chi connectivity index (χ2n) is 10.3. The molecule has 0 aliphatic heterocycles. The lowest BCUT2D eigenvalue weighted by Gasteiger charge is -2.39. The van der Waals surface area contributed by atoms with E-state index in [9.17, 15) is 14.4 Å². The zero-order valence-corrected chi connectivity index (χ0v) is 22.5. The fourth-order valence-electron chi connectivity index (χ4n) is 3.76. The zero-order chi connectivity index (χ0) is 26.3. The number of hydrogen-bond donors (Lipinski definition) is 2. The Hall–Kier alpha value is -2.67. The predicted molar refractivity (Wildman–Crippen MR) is 136 cm³/mol. The molecule has 0 bridgehead atoms. The molecule has 7 nitrogen and oxygen atoms in total. The molecule has 0 heterocycles. The van der Waals surface area contributed by atoms with E-state index in [1.165, 1.54) is 0 Å². The molecule has 0 radical (unpaired) electrons. The molecule has 2 N–H and O–H groups in total. The van der Waals surface area contributed by atoms with Crippen LogP contribution in [0.15, 0.2) is 42.0 Å². The van der Waals surface area contributed by atoms with Gasteiger partial charge in [-0.15, -0.1) is 0 Å². The zero-order valence-electron chi connectivity index (χ0n) is 22.5. The Morgan fingerprint density at radius 2 is 1.65 bits per heavy atom. The van der Waals surface area contributed by atoms with Crippen molar-refractivity contribution in [3.8, 4) is 0 Å². The fourth-order valence-corrected chi connectivity index (χ4v) is 3.76. The summed E-state index contributed by atoms with van der Waals surface area (Å²) in [6.45, 7) is 15.3. The van der Waals surface area contributed by atoms with Crippen LogP contribution in [0.3, 0.4) is 0 Å². The Labute approximate surface area is 205 Å². The number of likely N-dealkylation sites (N-methyl/N-ethyl adjacent to an activating group) is 2. The first-order valence-electron chi connectivity index (χ1n) is 11.9. The lowest BCUT2D eigenvalue weighted by atomic mass is 9.83. The Kier molecular flexibility index (Phi) is 10.5. The van der Waals surface area contributed by atoms with E-state index in [-0.39, 0.29) is 30.4 Å². The quantitative estimate of drug-likeness (QED) is 0.400. The molecule has 2 amide bonds. The number of rotatable bonds is 10. The summed E-state index contributed by atoms with van der Waals surface area (Å²) in [5, 5.41) is 6.13. The molecular weight excluding hydrogens is 430 g/mol. The van der Waals surface area contributed by atoms with Gasteiger partial charge in [-0.2, -0.15) is 0 Å². The highest BCUT2D eigenvalue weighted by atomic mass is 16.5. The van der Waals surface area contributed by atoms with Gasteiger partial charge >= 0.3 is 5.97 Å². The summed E-state index contributed by atoms with van der Waals surface area (Å²) in [7, 11) is 3.44. The SMILES string of the molecule is CCOC(=O)C(C)=C[C@H](C(C)C)N(C)C(=O)[C@@H](NC(=O)C(C)(NC)c1ccccc1)C(C)(C)C. The fraction of sp³-hybridized carbons (Fsp3) is 0.593. The van der Waals surface area contributed by atoms with Gasteiger partial charge in [-0.3, -0.25) is 9.59 Å². The molecule has 0 aliphatic rings. The van der Waals surface area contributed by atoms with Gasteiger partial charge in [0.25, 0.3) is 0 Å². The van der Waals surface area contributed by atoms with Crippen molar-refractivity contribution in [2.45, 2.75) is 73.0 Å². The summed E-state index contributed by atoms with van der Waals surface area (Å²) < 4.78 is 5.10. The van der Waals surface area contributed by atoms with E-state index in [2.05, 4.69) is 10.6 Å². The molecular formula is C27H43N3O4. The van der Waals surface area contributed by atoms with E-state index in [0.29, 0.717) is 5.57 Å². The Bertz CT molecular complexity index is 874. The number of benzene rings is 1. The number of nitrogens with zero attached hydrogens (tertiary/aromatic N) is 1. The van der Waals surface area contributed by atoms with Crippen LogP contribution in [0.1, 0.15) is 61.0 Å². The number of hydrogen-bond acceptors (Lipinski definition) is 5. The highest BCUT2D eigenvalue weighted by Gasteiger charge is 2.41.